The molecule has 0 spiro atoms. The lowest BCUT2D eigenvalue weighted by Gasteiger charge is -2.11. The van der Waals surface area contributed by atoms with Crippen molar-refractivity contribution in [3.63, 3.8) is 0 Å². The Bertz CT molecular complexity index is 757. The van der Waals surface area contributed by atoms with Crippen molar-refractivity contribution in [1.29, 1.82) is 5.26 Å². The zero-order valence-electron chi connectivity index (χ0n) is 10.7. The van der Waals surface area contributed by atoms with Gasteiger partial charge in [-0.05, 0) is 6.07 Å². The molecule has 2 aromatic heterocycles. The van der Waals surface area contributed by atoms with Gasteiger partial charge in [-0.15, -0.1) is 5.10 Å². The summed E-state index contributed by atoms with van der Waals surface area (Å²) in [7, 11) is 0. The third-order valence-corrected chi connectivity index (χ3v) is 3.01. The van der Waals surface area contributed by atoms with Crippen molar-refractivity contribution in [2.24, 2.45) is 0 Å². The number of rotatable bonds is 4. The molecule has 20 heavy (non-hydrogen) atoms. The molecule has 6 nitrogen and oxygen atoms in total. The SMILES string of the molecule is N#Cc1cnc2ccccc2c1NCCn1ccnn1. The number of hydrogen-bond acceptors (Lipinski definition) is 5. The fourth-order valence-electron chi connectivity index (χ4n) is 2.06. The van der Waals surface area contributed by atoms with E-state index >= 15 is 0 Å². The monoisotopic (exact) mass is 264 g/mol. The van der Waals surface area contributed by atoms with E-state index in [-0.39, 0.29) is 0 Å². The van der Waals surface area contributed by atoms with Crippen LogP contribution < -0.4 is 5.32 Å². The summed E-state index contributed by atoms with van der Waals surface area (Å²) in [5.41, 5.74) is 2.23. The molecule has 1 aromatic carbocycles. The van der Waals surface area contributed by atoms with Crippen molar-refractivity contribution in [3.8, 4) is 6.07 Å². The van der Waals surface area contributed by atoms with Crippen molar-refractivity contribution < 1.29 is 0 Å². The van der Waals surface area contributed by atoms with Gasteiger partial charge in [-0.2, -0.15) is 5.26 Å². The minimum absolute atomic E-state index is 0.544. The molecule has 2 heterocycles. The van der Waals surface area contributed by atoms with E-state index < -0.39 is 0 Å². The topological polar surface area (TPSA) is 79.4 Å². The maximum atomic E-state index is 9.20. The summed E-state index contributed by atoms with van der Waals surface area (Å²) in [5, 5.41) is 21.1. The molecular formula is C14H12N6. The van der Waals surface area contributed by atoms with Crippen LogP contribution >= 0.6 is 0 Å². The van der Waals surface area contributed by atoms with Crippen molar-refractivity contribution in [1.82, 2.24) is 20.0 Å². The number of benzene rings is 1. The van der Waals surface area contributed by atoms with E-state index in [1.807, 2.05) is 24.3 Å². The summed E-state index contributed by atoms with van der Waals surface area (Å²) in [6, 6.07) is 9.93. The van der Waals surface area contributed by atoms with Gasteiger partial charge in [-0.25, -0.2) is 0 Å². The van der Waals surface area contributed by atoms with E-state index in [2.05, 4.69) is 26.7 Å². The van der Waals surface area contributed by atoms with E-state index in [0.29, 0.717) is 18.7 Å². The summed E-state index contributed by atoms with van der Waals surface area (Å²) in [4.78, 5) is 4.28. The predicted octanol–water partition coefficient (Wildman–Crippen LogP) is 1.81. The highest BCUT2D eigenvalue weighted by Gasteiger charge is 2.07. The highest BCUT2D eigenvalue weighted by atomic mass is 15.4. The Balaban J connectivity index is 1.87. The minimum Gasteiger partial charge on any atom is -0.382 e. The van der Waals surface area contributed by atoms with Gasteiger partial charge in [0.05, 0.1) is 29.5 Å². The number of nitrogens with one attached hydrogen (secondary N) is 1. The maximum Gasteiger partial charge on any atom is 0.103 e. The van der Waals surface area contributed by atoms with E-state index in [4.69, 9.17) is 0 Å². The lowest BCUT2D eigenvalue weighted by Crippen LogP contribution is -2.12. The van der Waals surface area contributed by atoms with Gasteiger partial charge < -0.3 is 5.32 Å². The van der Waals surface area contributed by atoms with Gasteiger partial charge in [0.1, 0.15) is 6.07 Å². The number of aromatic nitrogens is 4. The zero-order valence-corrected chi connectivity index (χ0v) is 10.7. The fourth-order valence-corrected chi connectivity index (χ4v) is 2.06. The van der Waals surface area contributed by atoms with Crippen LogP contribution in [-0.2, 0) is 6.54 Å². The molecule has 0 saturated carbocycles. The summed E-state index contributed by atoms with van der Waals surface area (Å²) >= 11 is 0. The molecule has 0 amide bonds. The van der Waals surface area contributed by atoms with Gasteiger partial charge in [0.25, 0.3) is 0 Å². The maximum absolute atomic E-state index is 9.20. The van der Waals surface area contributed by atoms with Crippen LogP contribution in [0.1, 0.15) is 5.56 Å². The second-order valence-electron chi connectivity index (χ2n) is 4.27. The Kier molecular flexibility index (Phi) is 3.25. The molecule has 0 unspecified atom stereocenters. The fraction of sp³-hybridized carbons (Fsp3) is 0.143. The Morgan fingerprint density at radius 2 is 2.20 bits per heavy atom. The van der Waals surface area contributed by atoms with Crippen LogP contribution in [0.25, 0.3) is 10.9 Å². The zero-order chi connectivity index (χ0) is 13.8. The first-order chi connectivity index (χ1) is 9.88. The van der Waals surface area contributed by atoms with Crippen LogP contribution in [0.4, 0.5) is 5.69 Å². The van der Waals surface area contributed by atoms with Gasteiger partial charge in [-0.3, -0.25) is 9.67 Å². The van der Waals surface area contributed by atoms with Crippen LogP contribution in [0.15, 0.2) is 42.9 Å². The molecule has 0 fully saturated rings. The first kappa shape index (κ1) is 12.1. The minimum atomic E-state index is 0.544. The Morgan fingerprint density at radius 3 is 3.00 bits per heavy atom. The van der Waals surface area contributed by atoms with Crippen molar-refractivity contribution >= 4 is 16.6 Å². The van der Waals surface area contributed by atoms with E-state index in [1.54, 1.807) is 23.3 Å². The molecule has 0 aliphatic heterocycles. The van der Waals surface area contributed by atoms with E-state index in [1.165, 1.54) is 0 Å². The lowest BCUT2D eigenvalue weighted by molar-refractivity contribution is 0.609. The molecule has 0 aliphatic rings. The first-order valence-corrected chi connectivity index (χ1v) is 6.24. The highest BCUT2D eigenvalue weighted by Crippen LogP contribution is 2.24. The largest absolute Gasteiger partial charge is 0.382 e. The van der Waals surface area contributed by atoms with E-state index in [9.17, 15) is 5.26 Å². The van der Waals surface area contributed by atoms with Crippen LogP contribution in [0.3, 0.4) is 0 Å². The number of nitriles is 1. The Hall–Kier alpha value is -2.94. The molecule has 1 N–H and O–H groups in total. The smallest absolute Gasteiger partial charge is 0.103 e. The number of hydrogen-bond donors (Lipinski definition) is 1. The molecule has 6 heteroatoms. The second-order valence-corrected chi connectivity index (χ2v) is 4.27. The van der Waals surface area contributed by atoms with Gasteiger partial charge in [0.15, 0.2) is 0 Å². The van der Waals surface area contributed by atoms with Crippen LogP contribution in [0.2, 0.25) is 0 Å². The highest BCUT2D eigenvalue weighted by molar-refractivity contribution is 5.93. The van der Waals surface area contributed by atoms with Gasteiger partial charge >= 0.3 is 0 Å². The molecule has 0 saturated heterocycles. The quantitative estimate of drug-likeness (QED) is 0.777. The summed E-state index contributed by atoms with van der Waals surface area (Å²) < 4.78 is 1.74. The Morgan fingerprint density at radius 1 is 1.30 bits per heavy atom. The van der Waals surface area contributed by atoms with Crippen molar-refractivity contribution in [2.45, 2.75) is 6.54 Å². The molecule has 0 aliphatic carbocycles. The number of para-hydroxylation sites is 1. The van der Waals surface area contributed by atoms with E-state index in [0.717, 1.165) is 16.6 Å². The first-order valence-electron chi connectivity index (χ1n) is 6.24. The van der Waals surface area contributed by atoms with Crippen molar-refractivity contribution in [3.05, 3.63) is 48.4 Å². The molecule has 3 rings (SSSR count). The average Bonchev–Trinajstić information content (AvgIpc) is 3.00. The van der Waals surface area contributed by atoms with Crippen LogP contribution in [-0.4, -0.2) is 26.5 Å². The number of nitrogens with zero attached hydrogens (tertiary/aromatic N) is 5. The molecule has 98 valence electrons. The average molecular weight is 264 g/mol. The molecule has 0 bridgehead atoms. The standard InChI is InChI=1S/C14H12N6/c15-9-11-10-17-13-4-2-1-3-12(13)14(11)16-5-7-20-8-6-18-19-20/h1-4,6,8,10H,5,7H2,(H,16,17). The molecular weight excluding hydrogens is 252 g/mol. The normalized spacial score (nSPS) is 10.3. The van der Waals surface area contributed by atoms with Gasteiger partial charge in [0.2, 0.25) is 0 Å². The molecule has 0 atom stereocenters. The molecule has 0 radical (unpaired) electrons. The number of pyridine rings is 1. The van der Waals surface area contributed by atoms with Gasteiger partial charge in [0, 0.05) is 24.3 Å². The second kappa shape index (κ2) is 5.36. The summed E-state index contributed by atoms with van der Waals surface area (Å²) in [5.74, 6) is 0. The predicted molar refractivity (Wildman–Crippen MR) is 75.0 cm³/mol. The van der Waals surface area contributed by atoms with Crippen molar-refractivity contribution in [2.75, 3.05) is 11.9 Å². The number of fused-ring (bicyclic) bond motifs is 1. The summed E-state index contributed by atoms with van der Waals surface area (Å²) in [6.07, 6.45) is 5.04. The summed E-state index contributed by atoms with van der Waals surface area (Å²) in [6.45, 7) is 1.34. The van der Waals surface area contributed by atoms with Gasteiger partial charge in [-0.1, -0.05) is 23.4 Å². The Labute approximate surface area is 115 Å². The molecule has 3 aromatic rings. The van der Waals surface area contributed by atoms with Crippen LogP contribution in [0.5, 0.6) is 0 Å². The van der Waals surface area contributed by atoms with Crippen LogP contribution in [0, 0.1) is 11.3 Å². The third-order valence-electron chi connectivity index (χ3n) is 3.01. The third kappa shape index (κ3) is 2.29. The number of anilines is 1. The lowest BCUT2D eigenvalue weighted by atomic mass is 10.1.